The van der Waals surface area contributed by atoms with Gasteiger partial charge in [-0.15, -0.1) is 0 Å². The summed E-state index contributed by atoms with van der Waals surface area (Å²) in [6, 6.07) is 7.49. The highest BCUT2D eigenvalue weighted by atomic mass is 16.5. The minimum absolute atomic E-state index is 0.00275. The Balaban J connectivity index is 2.20. The summed E-state index contributed by atoms with van der Waals surface area (Å²) in [5.41, 5.74) is 1.47. The van der Waals surface area contributed by atoms with Gasteiger partial charge in [0.1, 0.15) is 11.4 Å². The second-order valence-electron chi connectivity index (χ2n) is 4.73. The lowest BCUT2D eigenvalue weighted by Gasteiger charge is -2.08. The van der Waals surface area contributed by atoms with Crippen LogP contribution in [0.2, 0.25) is 0 Å². The molecule has 1 aromatic carbocycles. The molecule has 5 nitrogen and oxygen atoms in total. The Kier molecular flexibility index (Phi) is 4.98. The van der Waals surface area contributed by atoms with Crippen molar-refractivity contribution in [3.05, 3.63) is 41.7 Å². The zero-order valence-corrected chi connectivity index (χ0v) is 12.6. The Bertz CT molecular complexity index is 602. The van der Waals surface area contributed by atoms with Crippen molar-refractivity contribution in [3.63, 3.8) is 0 Å². The molecule has 21 heavy (non-hydrogen) atoms. The summed E-state index contributed by atoms with van der Waals surface area (Å²) in [7, 11) is 3.17. The van der Waals surface area contributed by atoms with Crippen LogP contribution < -0.4 is 9.47 Å². The normalized spacial score (nSPS) is 10.4. The molecule has 112 valence electrons. The van der Waals surface area contributed by atoms with Crippen LogP contribution >= 0.6 is 0 Å². The molecule has 0 radical (unpaired) electrons. The number of nitrogens with zero attached hydrogens (tertiary/aromatic N) is 2. The second kappa shape index (κ2) is 6.92. The van der Waals surface area contributed by atoms with E-state index in [4.69, 9.17) is 9.47 Å². The monoisotopic (exact) mass is 288 g/mol. The zero-order chi connectivity index (χ0) is 15.2. The number of hydrogen-bond donors (Lipinski definition) is 0. The maximum atomic E-state index is 12.5. The number of aryl methyl sites for hydroxylation is 1. The van der Waals surface area contributed by atoms with E-state index >= 15 is 0 Å². The number of rotatable bonds is 7. The van der Waals surface area contributed by atoms with E-state index in [0.29, 0.717) is 24.4 Å². The van der Waals surface area contributed by atoms with Gasteiger partial charge in [0, 0.05) is 13.0 Å². The van der Waals surface area contributed by atoms with Gasteiger partial charge in [0.2, 0.25) is 0 Å². The van der Waals surface area contributed by atoms with Crippen molar-refractivity contribution in [1.82, 2.24) is 9.78 Å². The smallest absolute Gasteiger partial charge is 0.189 e. The molecule has 0 unspecified atom stereocenters. The maximum Gasteiger partial charge on any atom is 0.189 e. The fourth-order valence-electron chi connectivity index (χ4n) is 2.19. The van der Waals surface area contributed by atoms with Gasteiger partial charge in [0.15, 0.2) is 11.5 Å². The van der Waals surface area contributed by atoms with Crippen LogP contribution in [-0.2, 0) is 13.0 Å². The summed E-state index contributed by atoms with van der Waals surface area (Å²) in [5, 5.41) is 4.22. The Hall–Kier alpha value is -2.30. The maximum absolute atomic E-state index is 12.5. The number of benzene rings is 1. The lowest BCUT2D eigenvalue weighted by molar-refractivity contribution is 0.0979. The molecule has 0 saturated carbocycles. The Labute approximate surface area is 124 Å². The third-order valence-electron chi connectivity index (χ3n) is 3.25. The van der Waals surface area contributed by atoms with Crippen molar-refractivity contribution in [2.24, 2.45) is 0 Å². The minimum atomic E-state index is 0.00275. The predicted molar refractivity (Wildman–Crippen MR) is 80.1 cm³/mol. The van der Waals surface area contributed by atoms with Gasteiger partial charge in [-0.05, 0) is 24.1 Å². The van der Waals surface area contributed by atoms with Crippen LogP contribution in [0.3, 0.4) is 0 Å². The SMILES string of the molecule is CCCn1ncc(OC)c1C(=O)Cc1ccc(OC)cc1. The first-order valence-corrected chi connectivity index (χ1v) is 6.95. The van der Waals surface area contributed by atoms with Crippen LogP contribution in [0.25, 0.3) is 0 Å². The zero-order valence-electron chi connectivity index (χ0n) is 12.6. The van der Waals surface area contributed by atoms with E-state index in [2.05, 4.69) is 5.10 Å². The topological polar surface area (TPSA) is 53.4 Å². The fraction of sp³-hybridized carbons (Fsp3) is 0.375. The standard InChI is InChI=1S/C16H20N2O3/c1-4-9-18-16(15(21-3)11-17-18)14(19)10-12-5-7-13(20-2)8-6-12/h5-8,11H,4,9-10H2,1-3H3. The summed E-state index contributed by atoms with van der Waals surface area (Å²) < 4.78 is 12.1. The third kappa shape index (κ3) is 3.42. The number of hydrogen-bond acceptors (Lipinski definition) is 4. The van der Waals surface area contributed by atoms with Gasteiger partial charge in [0.05, 0.1) is 20.4 Å². The van der Waals surface area contributed by atoms with Crippen molar-refractivity contribution >= 4 is 5.78 Å². The van der Waals surface area contributed by atoms with Crippen LogP contribution in [0.5, 0.6) is 11.5 Å². The molecule has 5 heteroatoms. The Morgan fingerprint density at radius 1 is 1.19 bits per heavy atom. The summed E-state index contributed by atoms with van der Waals surface area (Å²) in [6.45, 7) is 2.75. The quantitative estimate of drug-likeness (QED) is 0.735. The average molecular weight is 288 g/mol. The van der Waals surface area contributed by atoms with E-state index < -0.39 is 0 Å². The third-order valence-corrected chi connectivity index (χ3v) is 3.25. The summed E-state index contributed by atoms with van der Waals surface area (Å²) >= 11 is 0. The van der Waals surface area contributed by atoms with E-state index in [-0.39, 0.29) is 5.78 Å². The number of Topliss-reactive ketones (excluding diaryl/α,β-unsaturated/α-hetero) is 1. The lowest BCUT2D eigenvalue weighted by atomic mass is 10.1. The molecule has 0 amide bonds. The number of aromatic nitrogens is 2. The first kappa shape index (κ1) is 15.1. The number of carbonyl (C=O) groups is 1. The summed E-state index contributed by atoms with van der Waals surface area (Å²) in [4.78, 5) is 12.5. The van der Waals surface area contributed by atoms with Crippen molar-refractivity contribution < 1.29 is 14.3 Å². The first-order chi connectivity index (χ1) is 10.2. The van der Waals surface area contributed by atoms with Gasteiger partial charge in [-0.1, -0.05) is 19.1 Å². The fourth-order valence-corrected chi connectivity index (χ4v) is 2.19. The van der Waals surface area contributed by atoms with Crippen LogP contribution in [0.4, 0.5) is 0 Å². The molecule has 0 bridgehead atoms. The molecule has 0 aliphatic rings. The van der Waals surface area contributed by atoms with Crippen LogP contribution in [0.1, 0.15) is 29.4 Å². The number of ether oxygens (including phenoxy) is 2. The van der Waals surface area contributed by atoms with Gasteiger partial charge in [-0.25, -0.2) is 0 Å². The highest BCUT2D eigenvalue weighted by molar-refractivity contribution is 5.98. The van der Waals surface area contributed by atoms with Gasteiger partial charge >= 0.3 is 0 Å². The van der Waals surface area contributed by atoms with Gasteiger partial charge in [-0.3, -0.25) is 9.48 Å². The van der Waals surface area contributed by atoms with Crippen molar-refractivity contribution in [2.45, 2.75) is 26.3 Å². The number of methoxy groups -OCH3 is 2. The summed E-state index contributed by atoms with van der Waals surface area (Å²) in [6.07, 6.45) is 2.82. The van der Waals surface area contributed by atoms with Crippen LogP contribution in [0.15, 0.2) is 30.5 Å². The van der Waals surface area contributed by atoms with E-state index in [9.17, 15) is 4.79 Å². The first-order valence-electron chi connectivity index (χ1n) is 6.95. The Morgan fingerprint density at radius 2 is 1.90 bits per heavy atom. The number of carbonyl (C=O) groups excluding carboxylic acids is 1. The van der Waals surface area contributed by atoms with E-state index in [0.717, 1.165) is 17.7 Å². The molecule has 2 rings (SSSR count). The van der Waals surface area contributed by atoms with Crippen LogP contribution in [0, 0.1) is 0 Å². The van der Waals surface area contributed by atoms with E-state index in [1.54, 1.807) is 25.1 Å². The number of ketones is 1. The minimum Gasteiger partial charge on any atom is -0.497 e. The van der Waals surface area contributed by atoms with E-state index in [1.807, 2.05) is 31.2 Å². The lowest BCUT2D eigenvalue weighted by Crippen LogP contribution is -2.13. The average Bonchev–Trinajstić information content (AvgIpc) is 2.91. The van der Waals surface area contributed by atoms with Crippen molar-refractivity contribution in [1.29, 1.82) is 0 Å². The van der Waals surface area contributed by atoms with Crippen molar-refractivity contribution in [3.8, 4) is 11.5 Å². The molecule has 0 spiro atoms. The molecular formula is C16H20N2O3. The molecule has 2 aromatic rings. The molecule has 0 aliphatic carbocycles. The highest BCUT2D eigenvalue weighted by Gasteiger charge is 2.19. The van der Waals surface area contributed by atoms with Gasteiger partial charge in [-0.2, -0.15) is 5.10 Å². The van der Waals surface area contributed by atoms with Crippen molar-refractivity contribution in [2.75, 3.05) is 14.2 Å². The molecule has 0 saturated heterocycles. The molecule has 0 fully saturated rings. The van der Waals surface area contributed by atoms with Gasteiger partial charge < -0.3 is 9.47 Å². The highest BCUT2D eigenvalue weighted by Crippen LogP contribution is 2.21. The molecule has 0 atom stereocenters. The predicted octanol–water partition coefficient (Wildman–Crippen LogP) is 2.74. The van der Waals surface area contributed by atoms with E-state index in [1.165, 1.54) is 0 Å². The van der Waals surface area contributed by atoms with Gasteiger partial charge in [0.25, 0.3) is 0 Å². The van der Waals surface area contributed by atoms with Crippen LogP contribution in [-0.4, -0.2) is 29.8 Å². The summed E-state index contributed by atoms with van der Waals surface area (Å²) in [5.74, 6) is 1.31. The molecule has 0 N–H and O–H groups in total. The Morgan fingerprint density at radius 3 is 2.48 bits per heavy atom. The largest absolute Gasteiger partial charge is 0.497 e. The molecular weight excluding hydrogens is 268 g/mol. The molecule has 1 heterocycles. The molecule has 0 aliphatic heterocycles. The molecule has 1 aromatic heterocycles. The second-order valence-corrected chi connectivity index (χ2v) is 4.73.